The number of nitrogens with one attached hydrogen (secondary N) is 1. The summed E-state index contributed by atoms with van der Waals surface area (Å²) in [6.07, 6.45) is 0. The lowest BCUT2D eigenvalue weighted by molar-refractivity contribution is 0.0697. The fourth-order valence-corrected chi connectivity index (χ4v) is 2.72. The molecular weight excluding hydrogens is 323 g/mol. The Balaban J connectivity index is 2.40. The number of carboxylic acids is 1. The van der Waals surface area contributed by atoms with Crippen molar-refractivity contribution in [1.82, 2.24) is 4.98 Å². The molecule has 0 bridgehead atoms. The lowest BCUT2D eigenvalue weighted by atomic mass is 10.2. The first-order valence-electron chi connectivity index (χ1n) is 5.48. The second-order valence-corrected chi connectivity index (χ2v) is 5.99. The Bertz CT molecular complexity index is 811. The normalized spacial score (nSPS) is 11.1. The molecule has 1 aromatic heterocycles. The standard InChI is InChI=1S/C12H8ClFN2O4S/c13-9-5-4-7(6-8(9)12(17)18)21(19,20)16-11-3-1-2-10(14)15-11/h1-6H,(H,15,16)(H,17,18). The van der Waals surface area contributed by atoms with Crippen LogP contribution in [0.2, 0.25) is 5.02 Å². The lowest BCUT2D eigenvalue weighted by Gasteiger charge is -2.08. The number of hydrogen-bond donors (Lipinski definition) is 2. The molecule has 0 unspecified atom stereocenters. The number of hydrogen-bond acceptors (Lipinski definition) is 4. The Morgan fingerprint density at radius 1 is 1.29 bits per heavy atom. The molecule has 1 aromatic carbocycles. The predicted molar refractivity (Wildman–Crippen MR) is 73.4 cm³/mol. The highest BCUT2D eigenvalue weighted by Gasteiger charge is 2.19. The van der Waals surface area contributed by atoms with E-state index in [1.54, 1.807) is 0 Å². The van der Waals surface area contributed by atoms with Crippen molar-refractivity contribution in [3.8, 4) is 0 Å². The van der Waals surface area contributed by atoms with Crippen LogP contribution in [-0.2, 0) is 10.0 Å². The lowest BCUT2D eigenvalue weighted by Crippen LogP contribution is -2.15. The van der Waals surface area contributed by atoms with Crippen molar-refractivity contribution >= 4 is 33.4 Å². The maximum Gasteiger partial charge on any atom is 0.337 e. The van der Waals surface area contributed by atoms with E-state index < -0.39 is 21.9 Å². The fourth-order valence-electron chi connectivity index (χ4n) is 1.50. The summed E-state index contributed by atoms with van der Waals surface area (Å²) in [5.74, 6) is -2.43. The Morgan fingerprint density at radius 3 is 2.62 bits per heavy atom. The number of aromatic carboxylic acids is 1. The first kappa shape index (κ1) is 15.2. The van der Waals surface area contributed by atoms with Crippen molar-refractivity contribution in [2.45, 2.75) is 4.90 Å². The summed E-state index contributed by atoms with van der Waals surface area (Å²) in [7, 11) is -4.10. The number of benzene rings is 1. The molecule has 0 aliphatic carbocycles. The molecule has 2 rings (SSSR count). The Hall–Kier alpha value is -2.19. The minimum atomic E-state index is -4.10. The fraction of sp³-hybridized carbons (Fsp3) is 0. The van der Waals surface area contributed by atoms with Crippen LogP contribution in [0.1, 0.15) is 10.4 Å². The quantitative estimate of drug-likeness (QED) is 0.839. The van der Waals surface area contributed by atoms with E-state index in [1.165, 1.54) is 12.1 Å². The van der Waals surface area contributed by atoms with Crippen LogP contribution in [0.15, 0.2) is 41.3 Å². The number of carboxylic acid groups (broad SMARTS) is 1. The summed E-state index contributed by atoms with van der Waals surface area (Å²) in [5.41, 5.74) is -0.355. The maximum absolute atomic E-state index is 12.9. The number of nitrogens with zero attached hydrogens (tertiary/aromatic N) is 1. The van der Waals surface area contributed by atoms with E-state index in [-0.39, 0.29) is 21.3 Å². The third-order valence-corrected chi connectivity index (χ3v) is 4.11. The smallest absolute Gasteiger partial charge is 0.337 e. The first-order valence-corrected chi connectivity index (χ1v) is 7.34. The van der Waals surface area contributed by atoms with Gasteiger partial charge >= 0.3 is 5.97 Å². The van der Waals surface area contributed by atoms with Crippen molar-refractivity contribution < 1.29 is 22.7 Å². The van der Waals surface area contributed by atoms with Crippen LogP contribution >= 0.6 is 11.6 Å². The zero-order valence-electron chi connectivity index (χ0n) is 10.2. The van der Waals surface area contributed by atoms with Crippen molar-refractivity contribution in [3.63, 3.8) is 0 Å². The monoisotopic (exact) mass is 330 g/mol. The number of halogens is 2. The molecule has 0 fully saturated rings. The van der Waals surface area contributed by atoms with E-state index in [1.807, 2.05) is 4.72 Å². The summed E-state index contributed by atoms with van der Waals surface area (Å²) in [4.78, 5) is 14.0. The zero-order chi connectivity index (χ0) is 15.6. The van der Waals surface area contributed by atoms with Gasteiger partial charge in [0.05, 0.1) is 15.5 Å². The van der Waals surface area contributed by atoms with Gasteiger partial charge < -0.3 is 5.11 Å². The van der Waals surface area contributed by atoms with Gasteiger partial charge in [-0.05, 0) is 30.3 Å². The van der Waals surface area contributed by atoms with Crippen LogP contribution in [0.5, 0.6) is 0 Å². The number of pyridine rings is 1. The Labute approximate surface area is 124 Å². The Kier molecular flexibility index (Phi) is 4.10. The molecule has 21 heavy (non-hydrogen) atoms. The first-order chi connectivity index (χ1) is 9.79. The van der Waals surface area contributed by atoms with E-state index in [4.69, 9.17) is 16.7 Å². The highest BCUT2D eigenvalue weighted by molar-refractivity contribution is 7.92. The molecule has 0 saturated carbocycles. The van der Waals surface area contributed by atoms with Gasteiger partial charge in [-0.15, -0.1) is 0 Å². The molecule has 0 aliphatic heterocycles. The number of rotatable bonds is 4. The molecule has 9 heteroatoms. The van der Waals surface area contributed by atoms with Crippen LogP contribution in [0.3, 0.4) is 0 Å². The van der Waals surface area contributed by atoms with E-state index >= 15 is 0 Å². The van der Waals surface area contributed by atoms with Gasteiger partial charge in [0.25, 0.3) is 10.0 Å². The molecule has 0 atom stereocenters. The van der Waals surface area contributed by atoms with Crippen LogP contribution < -0.4 is 4.72 Å². The highest BCUT2D eigenvalue weighted by atomic mass is 35.5. The average molecular weight is 331 g/mol. The minimum absolute atomic E-state index is 0.0923. The maximum atomic E-state index is 12.9. The molecule has 0 spiro atoms. The number of carbonyl (C=O) groups is 1. The summed E-state index contributed by atoms with van der Waals surface area (Å²) in [6, 6.07) is 6.79. The predicted octanol–water partition coefficient (Wildman–Crippen LogP) is 2.37. The van der Waals surface area contributed by atoms with Crippen LogP contribution in [0.4, 0.5) is 10.2 Å². The van der Waals surface area contributed by atoms with Gasteiger partial charge in [0.15, 0.2) is 0 Å². The van der Waals surface area contributed by atoms with Crippen LogP contribution in [0.25, 0.3) is 0 Å². The van der Waals surface area contributed by atoms with Crippen molar-refractivity contribution in [2.75, 3.05) is 4.72 Å². The molecular formula is C12H8ClFN2O4S. The van der Waals surface area contributed by atoms with Crippen molar-refractivity contribution in [2.24, 2.45) is 0 Å². The number of anilines is 1. The van der Waals surface area contributed by atoms with E-state index in [2.05, 4.69) is 4.98 Å². The van der Waals surface area contributed by atoms with Gasteiger partial charge in [-0.3, -0.25) is 4.72 Å². The molecule has 2 aromatic rings. The summed E-state index contributed by atoms with van der Waals surface area (Å²) >= 11 is 5.66. The van der Waals surface area contributed by atoms with Gasteiger partial charge in [-0.25, -0.2) is 18.2 Å². The largest absolute Gasteiger partial charge is 0.478 e. The summed E-state index contributed by atoms with van der Waals surface area (Å²) in [5, 5.41) is 8.83. The van der Waals surface area contributed by atoms with E-state index in [0.29, 0.717) is 0 Å². The molecule has 0 amide bonds. The second-order valence-electron chi connectivity index (χ2n) is 3.90. The van der Waals surface area contributed by atoms with E-state index in [9.17, 15) is 17.6 Å². The van der Waals surface area contributed by atoms with Crippen molar-refractivity contribution in [3.05, 3.63) is 52.9 Å². The topological polar surface area (TPSA) is 96.4 Å². The van der Waals surface area contributed by atoms with Gasteiger partial charge in [-0.2, -0.15) is 4.39 Å². The molecule has 2 N–H and O–H groups in total. The van der Waals surface area contributed by atoms with Crippen LogP contribution in [0, 0.1) is 5.95 Å². The number of sulfonamides is 1. The number of aromatic nitrogens is 1. The SMILES string of the molecule is O=C(O)c1cc(S(=O)(=O)Nc2cccc(F)n2)ccc1Cl. The molecule has 0 radical (unpaired) electrons. The molecule has 1 heterocycles. The van der Waals surface area contributed by atoms with Gasteiger partial charge in [0.2, 0.25) is 5.95 Å². The molecule has 110 valence electrons. The second kappa shape index (κ2) is 5.66. The third kappa shape index (κ3) is 3.47. The third-order valence-electron chi connectivity index (χ3n) is 2.43. The van der Waals surface area contributed by atoms with Crippen molar-refractivity contribution in [1.29, 1.82) is 0 Å². The van der Waals surface area contributed by atoms with Gasteiger partial charge in [-0.1, -0.05) is 17.7 Å². The van der Waals surface area contributed by atoms with E-state index in [0.717, 1.165) is 24.3 Å². The zero-order valence-corrected chi connectivity index (χ0v) is 11.8. The van der Waals surface area contributed by atoms with Crippen LogP contribution in [-0.4, -0.2) is 24.5 Å². The molecule has 0 saturated heterocycles. The molecule has 0 aliphatic rings. The summed E-state index contributed by atoms with van der Waals surface area (Å²) in [6.45, 7) is 0. The van der Waals surface area contributed by atoms with Gasteiger partial charge in [0.1, 0.15) is 5.82 Å². The highest BCUT2D eigenvalue weighted by Crippen LogP contribution is 2.22. The minimum Gasteiger partial charge on any atom is -0.478 e. The molecule has 6 nitrogen and oxygen atoms in total. The average Bonchev–Trinajstić information content (AvgIpc) is 2.38. The Morgan fingerprint density at radius 2 is 2.00 bits per heavy atom. The van der Waals surface area contributed by atoms with Gasteiger partial charge in [0, 0.05) is 0 Å². The summed E-state index contributed by atoms with van der Waals surface area (Å²) < 4.78 is 39.2.